The first-order valence-electron chi connectivity index (χ1n) is 11.7. The Labute approximate surface area is 235 Å². The maximum Gasteiger partial charge on any atom is 0.261 e. The summed E-state index contributed by atoms with van der Waals surface area (Å²) in [6, 6.07) is 10.1. The highest BCUT2D eigenvalue weighted by molar-refractivity contribution is 7.80. The second-order valence-corrected chi connectivity index (χ2v) is 10.4. The normalized spacial score (nSPS) is 11.8. The number of hydrogen-bond acceptors (Lipinski definition) is 8. The van der Waals surface area contributed by atoms with Gasteiger partial charge in [0.1, 0.15) is 17.9 Å². The maximum absolute atomic E-state index is 14.8. The van der Waals surface area contributed by atoms with Gasteiger partial charge in [0.25, 0.3) is 17.2 Å². The minimum atomic E-state index is -2.43. The molecule has 4 rings (SSSR count). The molecular weight excluding hydrogens is 569 g/mol. The van der Waals surface area contributed by atoms with Crippen molar-refractivity contribution in [2.45, 2.75) is 19.3 Å². The zero-order valence-corrected chi connectivity index (χ0v) is 23.3. The van der Waals surface area contributed by atoms with Gasteiger partial charge in [-0.05, 0) is 49.1 Å². The average molecular weight is 594 g/mol. The molecule has 1 atom stereocenters. The zero-order chi connectivity index (χ0) is 27.9. The highest BCUT2D eigenvalue weighted by atomic mass is 35.5. The van der Waals surface area contributed by atoms with Gasteiger partial charge < -0.3 is 10.1 Å². The number of aromatic nitrogens is 2. The Kier molecular flexibility index (Phi) is 9.64. The summed E-state index contributed by atoms with van der Waals surface area (Å²) in [7, 11) is 3.03. The number of ether oxygens (including phenoxy) is 1. The number of aryl methyl sites for hydroxylation is 1. The Morgan fingerprint density at radius 2 is 1.95 bits per heavy atom. The van der Waals surface area contributed by atoms with E-state index in [1.54, 1.807) is 12.5 Å². The Bertz CT molecular complexity index is 1490. The summed E-state index contributed by atoms with van der Waals surface area (Å²) in [6.45, 7) is 0.180. The number of carbonyl (C=O) groups is 1. The summed E-state index contributed by atoms with van der Waals surface area (Å²) < 4.78 is 43.8. The van der Waals surface area contributed by atoms with E-state index in [1.807, 2.05) is 24.3 Å². The first-order valence-corrected chi connectivity index (χ1v) is 14.0. The number of unbranched alkanes of at least 4 members (excludes halogenated alkanes) is 1. The number of fused-ring (bicyclic) bond motifs is 1. The molecule has 0 fully saturated rings. The van der Waals surface area contributed by atoms with E-state index in [1.165, 1.54) is 30.8 Å². The van der Waals surface area contributed by atoms with Crippen LogP contribution in [0.15, 0.2) is 48.1 Å². The molecular formula is C25H25ClFN5O5S2. The fourth-order valence-electron chi connectivity index (χ4n) is 3.87. The predicted octanol–water partition coefficient (Wildman–Crippen LogP) is 5.68. The molecule has 0 aliphatic rings. The van der Waals surface area contributed by atoms with Gasteiger partial charge in [-0.3, -0.25) is 18.5 Å². The summed E-state index contributed by atoms with van der Waals surface area (Å²) in [5, 5.41) is 3.85. The lowest BCUT2D eigenvalue weighted by molar-refractivity contribution is 0.102. The standard InChI is InChI=1S/C25H25ClFN5O5S2/c1-36-16-8-6-15(7-9-16)5-3-4-12-32(39(34)35)19-11-10-18(27)22(20(19)26)30-25(33)17-13-38-23-21(17)28-14-29-24(23)31-37-2/h6-11,13-14H,3-5,12H2,1-2H3,(H,30,33)(H,34,35)(H,28,29,31). The number of rotatable bonds is 12. The number of anilines is 3. The van der Waals surface area contributed by atoms with Gasteiger partial charge in [-0.25, -0.2) is 24.0 Å². The maximum atomic E-state index is 14.8. The number of benzene rings is 2. The van der Waals surface area contributed by atoms with Gasteiger partial charge in [0.15, 0.2) is 5.82 Å². The SMILES string of the molecule is CONc1ncnc2c(C(=O)Nc3c(F)ccc(N(CCCCc4ccc(OC)cc4)S(=O)O)c3Cl)csc12. The fraction of sp³-hybridized carbons (Fsp3) is 0.240. The van der Waals surface area contributed by atoms with E-state index in [2.05, 4.69) is 20.8 Å². The van der Waals surface area contributed by atoms with Gasteiger partial charge >= 0.3 is 0 Å². The lowest BCUT2D eigenvalue weighted by Crippen LogP contribution is -2.27. The highest BCUT2D eigenvalue weighted by Crippen LogP contribution is 2.37. The van der Waals surface area contributed by atoms with Gasteiger partial charge in [-0.2, -0.15) is 0 Å². The number of hydrogen-bond donors (Lipinski definition) is 3. The topological polar surface area (TPSA) is 126 Å². The molecule has 4 aromatic rings. The lowest BCUT2D eigenvalue weighted by atomic mass is 10.1. The average Bonchev–Trinajstić information content (AvgIpc) is 3.37. The molecule has 0 saturated carbocycles. The molecule has 206 valence electrons. The molecule has 3 N–H and O–H groups in total. The third-order valence-corrected chi connectivity index (χ3v) is 7.91. The van der Waals surface area contributed by atoms with Crippen LogP contribution in [0.25, 0.3) is 10.2 Å². The minimum absolute atomic E-state index is 0.114. The number of thiophene rings is 1. The van der Waals surface area contributed by atoms with E-state index < -0.39 is 23.0 Å². The molecule has 14 heteroatoms. The number of carbonyl (C=O) groups excluding carboxylic acids is 1. The van der Waals surface area contributed by atoms with Crippen molar-refractivity contribution < 1.29 is 27.5 Å². The summed E-state index contributed by atoms with van der Waals surface area (Å²) >= 11 is 5.25. The molecule has 0 radical (unpaired) electrons. The first kappa shape index (κ1) is 28.6. The van der Waals surface area contributed by atoms with Crippen molar-refractivity contribution in [3.63, 3.8) is 0 Å². The van der Waals surface area contributed by atoms with Gasteiger partial charge in [0, 0.05) is 11.9 Å². The van der Waals surface area contributed by atoms with E-state index in [0.29, 0.717) is 22.5 Å². The molecule has 0 aliphatic heterocycles. The second kappa shape index (κ2) is 13.1. The van der Waals surface area contributed by atoms with Crippen molar-refractivity contribution in [2.75, 3.05) is 35.9 Å². The van der Waals surface area contributed by atoms with Crippen LogP contribution >= 0.6 is 22.9 Å². The van der Waals surface area contributed by atoms with Gasteiger partial charge in [-0.15, -0.1) is 11.3 Å². The van der Waals surface area contributed by atoms with Crippen LogP contribution in [-0.4, -0.2) is 45.4 Å². The number of halogens is 2. The smallest absolute Gasteiger partial charge is 0.261 e. The lowest BCUT2D eigenvalue weighted by Gasteiger charge is -2.22. The third kappa shape index (κ3) is 6.62. The Morgan fingerprint density at radius 1 is 1.18 bits per heavy atom. The molecule has 1 amide bonds. The van der Waals surface area contributed by atoms with Gasteiger partial charge in [0.05, 0.1) is 46.4 Å². The van der Waals surface area contributed by atoms with Gasteiger partial charge in [-0.1, -0.05) is 23.7 Å². The Morgan fingerprint density at radius 3 is 2.64 bits per heavy atom. The predicted molar refractivity (Wildman–Crippen MR) is 151 cm³/mol. The van der Waals surface area contributed by atoms with Crippen molar-refractivity contribution in [1.29, 1.82) is 0 Å². The van der Waals surface area contributed by atoms with Crippen molar-refractivity contribution in [2.24, 2.45) is 0 Å². The van der Waals surface area contributed by atoms with Crippen LogP contribution in [0.3, 0.4) is 0 Å². The molecule has 0 saturated heterocycles. The van der Waals surface area contributed by atoms with Crippen molar-refractivity contribution >= 4 is 67.5 Å². The quantitative estimate of drug-likeness (QED) is 0.109. The van der Waals surface area contributed by atoms with Crippen LogP contribution in [0.5, 0.6) is 5.75 Å². The third-order valence-electron chi connectivity index (χ3n) is 5.80. The summed E-state index contributed by atoms with van der Waals surface area (Å²) in [5.74, 6) is -0.304. The Hall–Kier alpha value is -3.36. The molecule has 2 heterocycles. The van der Waals surface area contributed by atoms with Gasteiger partial charge in [0.2, 0.25) is 0 Å². The van der Waals surface area contributed by atoms with E-state index in [9.17, 15) is 17.9 Å². The van der Waals surface area contributed by atoms with Crippen LogP contribution in [0.2, 0.25) is 5.02 Å². The summed E-state index contributed by atoms with van der Waals surface area (Å²) in [5.41, 5.74) is 4.05. The van der Waals surface area contributed by atoms with E-state index >= 15 is 0 Å². The van der Waals surface area contributed by atoms with Crippen molar-refractivity contribution in [3.05, 3.63) is 70.1 Å². The van der Waals surface area contributed by atoms with Crippen LogP contribution in [0.1, 0.15) is 28.8 Å². The number of methoxy groups -OCH3 is 1. The Balaban J connectivity index is 1.49. The van der Waals surface area contributed by atoms with E-state index in [4.69, 9.17) is 21.2 Å². The molecule has 39 heavy (non-hydrogen) atoms. The molecule has 1 unspecified atom stereocenters. The highest BCUT2D eigenvalue weighted by Gasteiger charge is 2.23. The minimum Gasteiger partial charge on any atom is -0.497 e. The molecule has 10 nitrogen and oxygen atoms in total. The second-order valence-electron chi connectivity index (χ2n) is 8.20. The van der Waals surface area contributed by atoms with Crippen LogP contribution < -0.4 is 19.8 Å². The summed E-state index contributed by atoms with van der Waals surface area (Å²) in [6.07, 6.45) is 3.32. The van der Waals surface area contributed by atoms with Crippen LogP contribution in [0.4, 0.5) is 21.6 Å². The van der Waals surface area contributed by atoms with E-state index in [0.717, 1.165) is 34.5 Å². The fourth-order valence-corrected chi connectivity index (χ4v) is 5.76. The van der Waals surface area contributed by atoms with Crippen molar-refractivity contribution in [3.8, 4) is 5.75 Å². The number of nitrogens with one attached hydrogen (secondary N) is 2. The zero-order valence-electron chi connectivity index (χ0n) is 20.9. The van der Waals surface area contributed by atoms with Crippen molar-refractivity contribution in [1.82, 2.24) is 9.97 Å². The van der Waals surface area contributed by atoms with Crippen LogP contribution in [0, 0.1) is 5.82 Å². The summed E-state index contributed by atoms with van der Waals surface area (Å²) in [4.78, 5) is 26.2. The molecule has 0 aliphatic carbocycles. The number of nitrogens with zero attached hydrogens (tertiary/aromatic N) is 3. The monoisotopic (exact) mass is 593 g/mol. The largest absolute Gasteiger partial charge is 0.497 e. The molecule has 2 aromatic carbocycles. The molecule has 2 aromatic heterocycles. The van der Waals surface area contributed by atoms with E-state index in [-0.39, 0.29) is 28.5 Å². The van der Waals surface area contributed by atoms with Crippen LogP contribution in [-0.2, 0) is 22.5 Å². The number of amides is 1. The molecule has 0 bridgehead atoms. The molecule has 0 spiro atoms. The first-order chi connectivity index (χ1) is 18.8.